The Balaban J connectivity index is 2.47. The highest BCUT2D eigenvalue weighted by molar-refractivity contribution is 5.70. The minimum atomic E-state index is -4.28. The highest BCUT2D eigenvalue weighted by atomic mass is 19.4. The van der Waals surface area contributed by atoms with E-state index in [1.165, 1.54) is 12.1 Å². The second-order valence-electron chi connectivity index (χ2n) is 4.34. The highest BCUT2D eigenvalue weighted by Crippen LogP contribution is 2.32. The van der Waals surface area contributed by atoms with Crippen LogP contribution in [0.2, 0.25) is 0 Å². The Hall–Kier alpha value is -1.77. The van der Waals surface area contributed by atoms with Crippen molar-refractivity contribution in [2.45, 2.75) is 20.0 Å². The number of halogens is 3. The van der Waals surface area contributed by atoms with Crippen molar-refractivity contribution in [1.29, 1.82) is 0 Å². The Bertz CT molecular complexity index is 531. The van der Waals surface area contributed by atoms with E-state index in [4.69, 9.17) is 0 Å². The van der Waals surface area contributed by atoms with Gasteiger partial charge in [-0.05, 0) is 48.2 Å². The summed E-state index contributed by atoms with van der Waals surface area (Å²) in [6.07, 6.45) is -4.28. The molecule has 18 heavy (non-hydrogen) atoms. The molecule has 2 rings (SSSR count). The Morgan fingerprint density at radius 3 is 1.72 bits per heavy atom. The molecule has 0 atom stereocenters. The third-order valence-corrected chi connectivity index (χ3v) is 2.98. The molecule has 0 unspecified atom stereocenters. The molecule has 0 heterocycles. The molecule has 0 fully saturated rings. The fourth-order valence-electron chi connectivity index (χ4n) is 2.10. The van der Waals surface area contributed by atoms with Gasteiger partial charge in [-0.2, -0.15) is 13.2 Å². The summed E-state index contributed by atoms with van der Waals surface area (Å²) >= 11 is 0. The molecular formula is C15H13F3. The largest absolute Gasteiger partial charge is 0.416 e. The smallest absolute Gasteiger partial charge is 0.166 e. The van der Waals surface area contributed by atoms with E-state index in [9.17, 15) is 13.2 Å². The zero-order valence-corrected chi connectivity index (χ0v) is 10.2. The first kappa shape index (κ1) is 12.7. The van der Waals surface area contributed by atoms with E-state index in [2.05, 4.69) is 0 Å². The monoisotopic (exact) mass is 250 g/mol. The van der Waals surface area contributed by atoms with Gasteiger partial charge < -0.3 is 0 Å². The topological polar surface area (TPSA) is 0 Å². The Labute approximate surface area is 104 Å². The summed E-state index contributed by atoms with van der Waals surface area (Å²) in [5.74, 6) is 0. The number of hydrogen-bond acceptors (Lipinski definition) is 0. The molecule has 0 bridgehead atoms. The lowest BCUT2D eigenvalue weighted by Crippen LogP contribution is -2.04. The van der Waals surface area contributed by atoms with Crippen molar-refractivity contribution in [3.05, 3.63) is 59.2 Å². The van der Waals surface area contributed by atoms with E-state index in [0.29, 0.717) is 0 Å². The van der Waals surface area contributed by atoms with Crippen LogP contribution in [-0.2, 0) is 6.18 Å². The molecule has 0 aliphatic rings. The zero-order valence-electron chi connectivity index (χ0n) is 10.2. The van der Waals surface area contributed by atoms with Crippen LogP contribution in [0.25, 0.3) is 11.1 Å². The van der Waals surface area contributed by atoms with E-state index in [-0.39, 0.29) is 0 Å². The first-order chi connectivity index (χ1) is 8.39. The van der Waals surface area contributed by atoms with E-state index < -0.39 is 11.7 Å². The van der Waals surface area contributed by atoms with Crippen molar-refractivity contribution in [3.63, 3.8) is 0 Å². The fourth-order valence-corrected chi connectivity index (χ4v) is 2.10. The molecule has 0 spiro atoms. The second kappa shape index (κ2) is 4.48. The van der Waals surface area contributed by atoms with Crippen LogP contribution in [0.5, 0.6) is 0 Å². The van der Waals surface area contributed by atoms with Crippen molar-refractivity contribution >= 4 is 0 Å². The summed E-state index contributed by atoms with van der Waals surface area (Å²) in [7, 11) is 0. The number of aryl methyl sites for hydroxylation is 2. The Morgan fingerprint density at radius 2 is 1.28 bits per heavy atom. The molecule has 3 heteroatoms. The van der Waals surface area contributed by atoms with Gasteiger partial charge in [0.1, 0.15) is 0 Å². The molecule has 0 radical (unpaired) electrons. The molecule has 0 saturated carbocycles. The van der Waals surface area contributed by atoms with E-state index in [0.717, 1.165) is 34.4 Å². The van der Waals surface area contributed by atoms with E-state index in [1.807, 2.05) is 32.0 Å². The summed E-state index contributed by atoms with van der Waals surface area (Å²) in [5, 5.41) is 0. The maximum Gasteiger partial charge on any atom is 0.416 e. The van der Waals surface area contributed by atoms with Crippen molar-refractivity contribution in [2.24, 2.45) is 0 Å². The van der Waals surface area contributed by atoms with Crippen LogP contribution in [0, 0.1) is 13.8 Å². The van der Waals surface area contributed by atoms with Crippen LogP contribution in [-0.4, -0.2) is 0 Å². The predicted molar refractivity (Wildman–Crippen MR) is 66.4 cm³/mol. The van der Waals surface area contributed by atoms with Crippen molar-refractivity contribution in [3.8, 4) is 11.1 Å². The molecule has 0 nitrogen and oxygen atoms in total. The van der Waals surface area contributed by atoms with Gasteiger partial charge in [0, 0.05) is 0 Å². The third-order valence-electron chi connectivity index (χ3n) is 2.98. The molecule has 2 aromatic carbocycles. The van der Waals surface area contributed by atoms with Crippen molar-refractivity contribution in [1.82, 2.24) is 0 Å². The second-order valence-corrected chi connectivity index (χ2v) is 4.34. The molecule has 0 amide bonds. The molecule has 2 aromatic rings. The van der Waals surface area contributed by atoms with Gasteiger partial charge in [0.05, 0.1) is 5.56 Å². The van der Waals surface area contributed by atoms with Gasteiger partial charge in [-0.1, -0.05) is 30.3 Å². The van der Waals surface area contributed by atoms with Gasteiger partial charge in [-0.25, -0.2) is 0 Å². The molecule has 94 valence electrons. The molecule has 0 saturated heterocycles. The van der Waals surface area contributed by atoms with E-state index in [1.54, 1.807) is 0 Å². The van der Waals surface area contributed by atoms with Crippen molar-refractivity contribution in [2.75, 3.05) is 0 Å². The van der Waals surface area contributed by atoms with Crippen molar-refractivity contribution < 1.29 is 13.2 Å². The van der Waals surface area contributed by atoms with Crippen LogP contribution >= 0.6 is 0 Å². The SMILES string of the molecule is Cc1cccc(C)c1-c1ccc(C(F)(F)F)cc1. The summed E-state index contributed by atoms with van der Waals surface area (Å²) in [6, 6.07) is 11.2. The molecule has 0 aliphatic heterocycles. The standard InChI is InChI=1S/C15H13F3/c1-10-4-3-5-11(2)14(10)12-6-8-13(9-7-12)15(16,17)18/h3-9H,1-2H3. The Kier molecular flexibility index (Phi) is 3.16. The third kappa shape index (κ3) is 2.40. The average molecular weight is 250 g/mol. The van der Waals surface area contributed by atoms with Crippen LogP contribution in [0.4, 0.5) is 13.2 Å². The Morgan fingerprint density at radius 1 is 0.778 bits per heavy atom. The van der Waals surface area contributed by atoms with E-state index >= 15 is 0 Å². The van der Waals surface area contributed by atoms with Crippen LogP contribution in [0.3, 0.4) is 0 Å². The predicted octanol–water partition coefficient (Wildman–Crippen LogP) is 4.99. The summed E-state index contributed by atoms with van der Waals surface area (Å²) in [4.78, 5) is 0. The van der Waals surface area contributed by atoms with Gasteiger partial charge in [-0.15, -0.1) is 0 Å². The summed E-state index contributed by atoms with van der Waals surface area (Å²) in [6.45, 7) is 3.92. The first-order valence-electron chi connectivity index (χ1n) is 5.63. The molecule has 0 N–H and O–H groups in total. The van der Waals surface area contributed by atoms with Crippen LogP contribution in [0.15, 0.2) is 42.5 Å². The van der Waals surface area contributed by atoms with Gasteiger partial charge in [-0.3, -0.25) is 0 Å². The lowest BCUT2D eigenvalue weighted by atomic mass is 9.95. The zero-order chi connectivity index (χ0) is 13.3. The lowest BCUT2D eigenvalue weighted by molar-refractivity contribution is -0.137. The minimum absolute atomic E-state index is 0.613. The summed E-state index contributed by atoms with van der Waals surface area (Å²) < 4.78 is 37.4. The van der Waals surface area contributed by atoms with Crippen LogP contribution < -0.4 is 0 Å². The lowest BCUT2D eigenvalue weighted by Gasteiger charge is -2.11. The maximum absolute atomic E-state index is 12.5. The number of hydrogen-bond donors (Lipinski definition) is 0. The van der Waals surface area contributed by atoms with Gasteiger partial charge in [0.2, 0.25) is 0 Å². The number of alkyl halides is 3. The van der Waals surface area contributed by atoms with Gasteiger partial charge in [0.25, 0.3) is 0 Å². The number of rotatable bonds is 1. The normalized spacial score (nSPS) is 11.6. The van der Waals surface area contributed by atoms with Gasteiger partial charge >= 0.3 is 6.18 Å². The summed E-state index contributed by atoms with van der Waals surface area (Å²) in [5.41, 5.74) is 3.34. The fraction of sp³-hybridized carbons (Fsp3) is 0.200. The highest BCUT2D eigenvalue weighted by Gasteiger charge is 2.30. The molecular weight excluding hydrogens is 237 g/mol. The maximum atomic E-state index is 12.5. The van der Waals surface area contributed by atoms with Crippen LogP contribution in [0.1, 0.15) is 16.7 Å². The average Bonchev–Trinajstić information content (AvgIpc) is 2.28. The first-order valence-corrected chi connectivity index (χ1v) is 5.63. The molecule has 0 aromatic heterocycles. The molecule has 0 aliphatic carbocycles. The minimum Gasteiger partial charge on any atom is -0.166 e. The quantitative estimate of drug-likeness (QED) is 0.669. The number of benzene rings is 2. The van der Waals surface area contributed by atoms with Gasteiger partial charge in [0.15, 0.2) is 0 Å².